The highest BCUT2D eigenvalue weighted by atomic mass is 32.1. The van der Waals surface area contributed by atoms with Gasteiger partial charge in [-0.3, -0.25) is 0 Å². The molecule has 1 N–H and O–H groups in total. The van der Waals surface area contributed by atoms with E-state index in [9.17, 15) is 9.90 Å². The molecule has 0 saturated carbocycles. The molecule has 4 heteroatoms. The number of hydrogen-bond acceptors (Lipinski definition) is 3. The molecule has 0 bridgehead atoms. The summed E-state index contributed by atoms with van der Waals surface area (Å²) in [5.41, 5.74) is 3.08. The number of carboxylic acids is 1. The van der Waals surface area contributed by atoms with Crippen LogP contribution < -0.4 is 0 Å². The fraction of sp³-hybridized carbons (Fsp3) is 0.650. The minimum atomic E-state index is -0.916. The van der Waals surface area contributed by atoms with E-state index in [1.807, 2.05) is 27.7 Å². The van der Waals surface area contributed by atoms with Gasteiger partial charge >= 0.3 is 5.97 Å². The average Bonchev–Trinajstić information content (AvgIpc) is 2.70. The van der Waals surface area contributed by atoms with Crippen molar-refractivity contribution in [3.05, 3.63) is 27.0 Å². The van der Waals surface area contributed by atoms with Crippen molar-refractivity contribution < 1.29 is 14.6 Å². The molecule has 134 valence electrons. The molecule has 1 aromatic heterocycles. The molecule has 0 aromatic carbocycles. The molecule has 0 radical (unpaired) electrons. The van der Waals surface area contributed by atoms with Crippen LogP contribution >= 0.6 is 11.3 Å². The molecule has 0 saturated heterocycles. The Morgan fingerprint density at radius 3 is 2.38 bits per heavy atom. The van der Waals surface area contributed by atoms with Gasteiger partial charge in [-0.2, -0.15) is 0 Å². The lowest BCUT2D eigenvalue weighted by Crippen LogP contribution is -2.28. The Balaban J connectivity index is 2.51. The molecule has 1 aliphatic rings. The van der Waals surface area contributed by atoms with Crippen LogP contribution in [-0.2, 0) is 9.53 Å². The quantitative estimate of drug-likeness (QED) is 0.735. The number of ether oxygens (including phenoxy) is 1. The van der Waals surface area contributed by atoms with Crippen molar-refractivity contribution in [2.45, 2.75) is 79.4 Å². The molecule has 0 aliphatic heterocycles. The van der Waals surface area contributed by atoms with Gasteiger partial charge < -0.3 is 9.84 Å². The zero-order valence-electron chi connectivity index (χ0n) is 15.9. The summed E-state index contributed by atoms with van der Waals surface area (Å²) in [6.45, 7) is 14.4. The predicted molar refractivity (Wildman–Crippen MR) is 101 cm³/mol. The van der Waals surface area contributed by atoms with Gasteiger partial charge in [-0.25, -0.2) is 4.79 Å². The second kappa shape index (κ2) is 6.64. The zero-order valence-corrected chi connectivity index (χ0v) is 16.8. The second-order valence-corrected chi connectivity index (χ2v) is 9.98. The minimum Gasteiger partial charge on any atom is -0.479 e. The topological polar surface area (TPSA) is 46.5 Å². The Hall–Kier alpha value is -1.13. The molecule has 1 unspecified atom stereocenters. The third-order valence-electron chi connectivity index (χ3n) is 4.56. The maximum Gasteiger partial charge on any atom is 0.337 e. The fourth-order valence-electron chi connectivity index (χ4n) is 3.31. The van der Waals surface area contributed by atoms with Crippen LogP contribution in [0.4, 0.5) is 0 Å². The van der Waals surface area contributed by atoms with Gasteiger partial charge in [-0.1, -0.05) is 19.9 Å². The lowest BCUT2D eigenvalue weighted by Gasteiger charge is -2.30. The lowest BCUT2D eigenvalue weighted by molar-refractivity contribution is -0.160. The first-order valence-corrected chi connectivity index (χ1v) is 9.43. The van der Waals surface area contributed by atoms with Crippen LogP contribution in [0.25, 0.3) is 5.57 Å². The van der Waals surface area contributed by atoms with E-state index in [-0.39, 0.29) is 0 Å². The first-order chi connectivity index (χ1) is 10.9. The highest BCUT2D eigenvalue weighted by Crippen LogP contribution is 2.45. The summed E-state index contributed by atoms with van der Waals surface area (Å²) in [5.74, 6) is -0.913. The SMILES string of the molecule is Cc1sc(C)c(C(OC(C)(C)C)C(=O)O)c1C1=CCC(C)(C)CC1. The second-order valence-electron chi connectivity index (χ2n) is 8.55. The van der Waals surface area contributed by atoms with E-state index in [0.717, 1.165) is 35.3 Å². The van der Waals surface area contributed by atoms with Crippen LogP contribution in [-0.4, -0.2) is 16.7 Å². The molecular formula is C20H30O3S. The summed E-state index contributed by atoms with van der Waals surface area (Å²) >= 11 is 1.68. The first-order valence-electron chi connectivity index (χ1n) is 8.61. The summed E-state index contributed by atoms with van der Waals surface area (Å²) in [5, 5.41) is 9.79. The van der Waals surface area contributed by atoms with E-state index < -0.39 is 17.7 Å². The van der Waals surface area contributed by atoms with E-state index in [4.69, 9.17) is 4.74 Å². The van der Waals surface area contributed by atoms with Gasteiger partial charge in [0, 0.05) is 15.3 Å². The predicted octanol–water partition coefficient (Wildman–Crippen LogP) is 5.90. The number of allylic oxidation sites excluding steroid dienone is 2. The summed E-state index contributed by atoms with van der Waals surface area (Å²) in [6, 6.07) is 0. The summed E-state index contributed by atoms with van der Waals surface area (Å²) in [6.07, 6.45) is 4.55. The van der Waals surface area contributed by atoms with Crippen LogP contribution in [0.3, 0.4) is 0 Å². The molecule has 0 spiro atoms. The minimum absolute atomic E-state index is 0.330. The van der Waals surface area contributed by atoms with Crippen molar-refractivity contribution in [3.63, 3.8) is 0 Å². The van der Waals surface area contributed by atoms with Gasteiger partial charge in [-0.15, -0.1) is 11.3 Å². The van der Waals surface area contributed by atoms with E-state index in [1.165, 1.54) is 10.5 Å². The standard InChI is InChI=1S/C20H30O3S/c1-12-15(14-8-10-20(6,7)11-9-14)16(13(2)24-12)17(18(21)22)23-19(3,4)5/h8,17H,9-11H2,1-7H3,(H,21,22). The van der Waals surface area contributed by atoms with Crippen molar-refractivity contribution in [1.29, 1.82) is 0 Å². The summed E-state index contributed by atoms with van der Waals surface area (Å²) in [4.78, 5) is 14.2. The molecule has 1 heterocycles. The van der Waals surface area contributed by atoms with Gasteiger partial charge in [-0.05, 0) is 70.4 Å². The average molecular weight is 351 g/mol. The largest absolute Gasteiger partial charge is 0.479 e. The van der Waals surface area contributed by atoms with Crippen LogP contribution in [0.5, 0.6) is 0 Å². The van der Waals surface area contributed by atoms with Crippen LogP contribution in [0.1, 0.15) is 80.9 Å². The molecule has 1 aromatic rings. The number of hydrogen-bond donors (Lipinski definition) is 1. The molecule has 0 fully saturated rings. The van der Waals surface area contributed by atoms with E-state index in [0.29, 0.717) is 5.41 Å². The third-order valence-corrected chi connectivity index (χ3v) is 5.59. The first kappa shape index (κ1) is 19.2. The maximum atomic E-state index is 11.9. The van der Waals surface area contributed by atoms with Gasteiger partial charge in [0.15, 0.2) is 6.10 Å². The number of thiophene rings is 1. The number of carbonyl (C=O) groups is 1. The van der Waals surface area contributed by atoms with Crippen molar-refractivity contribution in [3.8, 4) is 0 Å². The Bertz CT molecular complexity index is 659. The summed E-state index contributed by atoms with van der Waals surface area (Å²) in [7, 11) is 0. The third kappa shape index (κ3) is 4.28. The van der Waals surface area contributed by atoms with Crippen LogP contribution in [0.15, 0.2) is 6.08 Å². The molecule has 3 nitrogen and oxygen atoms in total. The molecular weight excluding hydrogens is 320 g/mol. The fourth-order valence-corrected chi connectivity index (χ4v) is 4.43. The van der Waals surface area contributed by atoms with Gasteiger partial charge in [0.1, 0.15) is 0 Å². The number of aliphatic carboxylic acids is 1. The number of aryl methyl sites for hydroxylation is 2. The Kier molecular flexibility index (Phi) is 5.31. The maximum absolute atomic E-state index is 11.9. The Morgan fingerprint density at radius 1 is 1.29 bits per heavy atom. The van der Waals surface area contributed by atoms with Gasteiger partial charge in [0.25, 0.3) is 0 Å². The van der Waals surface area contributed by atoms with E-state index in [2.05, 4.69) is 26.8 Å². The van der Waals surface area contributed by atoms with E-state index >= 15 is 0 Å². The number of carboxylic acid groups (broad SMARTS) is 1. The smallest absolute Gasteiger partial charge is 0.337 e. The van der Waals surface area contributed by atoms with Crippen molar-refractivity contribution in [2.24, 2.45) is 5.41 Å². The molecule has 1 atom stereocenters. The van der Waals surface area contributed by atoms with Crippen LogP contribution in [0, 0.1) is 19.3 Å². The van der Waals surface area contributed by atoms with Gasteiger partial charge in [0.2, 0.25) is 0 Å². The molecule has 24 heavy (non-hydrogen) atoms. The van der Waals surface area contributed by atoms with Crippen LogP contribution in [0.2, 0.25) is 0 Å². The van der Waals surface area contributed by atoms with Crippen molar-refractivity contribution in [1.82, 2.24) is 0 Å². The zero-order chi connectivity index (χ0) is 18.3. The normalized spacial score (nSPS) is 19.0. The monoisotopic (exact) mass is 350 g/mol. The Labute approximate surface area is 149 Å². The summed E-state index contributed by atoms with van der Waals surface area (Å²) < 4.78 is 5.93. The Morgan fingerprint density at radius 2 is 1.92 bits per heavy atom. The molecule has 0 amide bonds. The highest BCUT2D eigenvalue weighted by Gasteiger charge is 2.34. The lowest BCUT2D eigenvalue weighted by atomic mass is 9.76. The van der Waals surface area contributed by atoms with Crippen molar-refractivity contribution >= 4 is 22.9 Å². The molecule has 1 aliphatic carbocycles. The van der Waals surface area contributed by atoms with Gasteiger partial charge in [0.05, 0.1) is 5.60 Å². The highest BCUT2D eigenvalue weighted by molar-refractivity contribution is 7.12. The van der Waals surface area contributed by atoms with Crippen molar-refractivity contribution in [2.75, 3.05) is 0 Å². The number of rotatable bonds is 4. The van der Waals surface area contributed by atoms with E-state index in [1.54, 1.807) is 11.3 Å². The molecule has 2 rings (SSSR count).